The average Bonchev–Trinajstić information content (AvgIpc) is 2.65. The Morgan fingerprint density at radius 3 is 2.63 bits per heavy atom. The molecule has 5 heteroatoms. The molecule has 1 atom stereocenters. The van der Waals surface area contributed by atoms with E-state index in [1.807, 2.05) is 18.4 Å². The molecule has 0 radical (unpaired) electrons. The van der Waals surface area contributed by atoms with Gasteiger partial charge in [0.05, 0.1) is 6.42 Å². The van der Waals surface area contributed by atoms with Gasteiger partial charge < -0.3 is 10.4 Å². The van der Waals surface area contributed by atoms with Crippen molar-refractivity contribution in [2.24, 2.45) is 5.41 Å². The molecule has 0 fully saturated rings. The molecule has 0 saturated carbocycles. The van der Waals surface area contributed by atoms with Crippen molar-refractivity contribution in [2.45, 2.75) is 46.1 Å². The van der Waals surface area contributed by atoms with Crippen molar-refractivity contribution in [3.05, 3.63) is 22.4 Å². The van der Waals surface area contributed by atoms with Crippen LogP contribution in [-0.4, -0.2) is 23.0 Å². The lowest BCUT2D eigenvalue weighted by atomic mass is 9.85. The number of carbonyl (C=O) groups excluding carboxylic acids is 1. The van der Waals surface area contributed by atoms with Crippen LogP contribution in [0.25, 0.3) is 0 Å². The second-order valence-electron chi connectivity index (χ2n) is 5.72. The van der Waals surface area contributed by atoms with Crippen molar-refractivity contribution in [3.8, 4) is 0 Å². The molecule has 1 heterocycles. The smallest absolute Gasteiger partial charge is 0.303 e. The van der Waals surface area contributed by atoms with Crippen LogP contribution >= 0.6 is 11.3 Å². The highest BCUT2D eigenvalue weighted by Crippen LogP contribution is 2.24. The van der Waals surface area contributed by atoms with Crippen LogP contribution in [0.3, 0.4) is 0 Å². The number of amides is 1. The zero-order valence-corrected chi connectivity index (χ0v) is 12.4. The first-order valence-corrected chi connectivity index (χ1v) is 7.25. The second-order valence-corrected chi connectivity index (χ2v) is 6.50. The summed E-state index contributed by atoms with van der Waals surface area (Å²) < 4.78 is 0. The number of aliphatic carboxylic acids is 1. The van der Waals surface area contributed by atoms with E-state index in [0.29, 0.717) is 0 Å². The first-order chi connectivity index (χ1) is 8.78. The van der Waals surface area contributed by atoms with Gasteiger partial charge in [-0.2, -0.15) is 11.3 Å². The van der Waals surface area contributed by atoms with Gasteiger partial charge in [-0.15, -0.1) is 0 Å². The van der Waals surface area contributed by atoms with E-state index in [1.54, 1.807) is 25.2 Å². The standard InChI is InChI=1S/C14H21NO3S/c1-10(6-11-4-5-19-9-11)15-12(16)7-14(2,3)8-13(17)18/h4-5,9-10H,6-8H2,1-3H3,(H,15,16)(H,17,18). The lowest BCUT2D eigenvalue weighted by molar-refractivity contribution is -0.139. The molecule has 1 unspecified atom stereocenters. The number of carboxylic acids is 1. The maximum atomic E-state index is 11.9. The molecule has 19 heavy (non-hydrogen) atoms. The van der Waals surface area contributed by atoms with E-state index < -0.39 is 11.4 Å². The second kappa shape index (κ2) is 6.70. The lowest BCUT2D eigenvalue weighted by Crippen LogP contribution is -2.37. The van der Waals surface area contributed by atoms with Gasteiger partial charge in [-0.25, -0.2) is 0 Å². The zero-order valence-electron chi connectivity index (χ0n) is 11.6. The number of rotatable bonds is 7. The third-order valence-corrected chi connectivity index (χ3v) is 3.53. The van der Waals surface area contributed by atoms with Crippen molar-refractivity contribution < 1.29 is 14.7 Å². The fourth-order valence-corrected chi connectivity index (χ4v) is 2.73. The van der Waals surface area contributed by atoms with Crippen molar-refractivity contribution >= 4 is 23.2 Å². The minimum atomic E-state index is -0.871. The Balaban J connectivity index is 2.40. The number of hydrogen-bond acceptors (Lipinski definition) is 3. The third-order valence-electron chi connectivity index (χ3n) is 2.80. The Bertz CT molecular complexity index is 426. The Kier molecular flexibility index (Phi) is 5.54. The van der Waals surface area contributed by atoms with Gasteiger partial charge in [0.1, 0.15) is 0 Å². The Morgan fingerprint density at radius 1 is 1.42 bits per heavy atom. The quantitative estimate of drug-likeness (QED) is 0.808. The fourth-order valence-electron chi connectivity index (χ4n) is 2.05. The molecule has 0 spiro atoms. The van der Waals surface area contributed by atoms with Crippen LogP contribution in [0.2, 0.25) is 0 Å². The molecule has 1 rings (SSSR count). The van der Waals surface area contributed by atoms with E-state index in [4.69, 9.17) is 5.11 Å². The number of carboxylic acid groups (broad SMARTS) is 1. The summed E-state index contributed by atoms with van der Waals surface area (Å²) in [6.07, 6.45) is 1.03. The molecule has 2 N–H and O–H groups in total. The summed E-state index contributed by atoms with van der Waals surface area (Å²) in [7, 11) is 0. The maximum absolute atomic E-state index is 11.9. The van der Waals surface area contributed by atoms with Gasteiger partial charge in [-0.1, -0.05) is 13.8 Å². The first kappa shape index (κ1) is 15.7. The van der Waals surface area contributed by atoms with Crippen LogP contribution in [0.4, 0.5) is 0 Å². The summed E-state index contributed by atoms with van der Waals surface area (Å²) in [5.74, 6) is -0.960. The van der Waals surface area contributed by atoms with E-state index in [0.717, 1.165) is 6.42 Å². The average molecular weight is 283 g/mol. The molecule has 0 aromatic carbocycles. The largest absolute Gasteiger partial charge is 0.481 e. The molecule has 1 aromatic heterocycles. The summed E-state index contributed by atoms with van der Waals surface area (Å²) in [5, 5.41) is 15.8. The lowest BCUT2D eigenvalue weighted by Gasteiger charge is -2.23. The van der Waals surface area contributed by atoms with Crippen molar-refractivity contribution in [1.82, 2.24) is 5.32 Å². The van der Waals surface area contributed by atoms with E-state index in [9.17, 15) is 9.59 Å². The predicted molar refractivity (Wildman–Crippen MR) is 76.3 cm³/mol. The molecule has 1 aromatic rings. The Hall–Kier alpha value is -1.36. The van der Waals surface area contributed by atoms with E-state index in [2.05, 4.69) is 10.7 Å². The van der Waals surface area contributed by atoms with Gasteiger partial charge in [0, 0.05) is 12.5 Å². The number of carbonyl (C=O) groups is 2. The van der Waals surface area contributed by atoms with Crippen LogP contribution in [0, 0.1) is 5.41 Å². The SMILES string of the molecule is CC(Cc1ccsc1)NC(=O)CC(C)(C)CC(=O)O. The van der Waals surface area contributed by atoms with Gasteiger partial charge in [0.2, 0.25) is 5.91 Å². The van der Waals surface area contributed by atoms with E-state index >= 15 is 0 Å². The summed E-state index contributed by atoms with van der Waals surface area (Å²) in [6.45, 7) is 5.55. The number of hydrogen-bond donors (Lipinski definition) is 2. The zero-order chi connectivity index (χ0) is 14.5. The minimum absolute atomic E-state index is 0.000663. The molecule has 106 valence electrons. The highest BCUT2D eigenvalue weighted by molar-refractivity contribution is 7.07. The van der Waals surface area contributed by atoms with Crippen molar-refractivity contribution in [1.29, 1.82) is 0 Å². The van der Waals surface area contributed by atoms with Gasteiger partial charge in [-0.05, 0) is 41.1 Å². The highest BCUT2D eigenvalue weighted by atomic mass is 32.1. The normalized spacial score (nSPS) is 13.0. The summed E-state index contributed by atoms with van der Waals surface area (Å²) >= 11 is 1.64. The van der Waals surface area contributed by atoms with Crippen LogP contribution < -0.4 is 5.32 Å². The van der Waals surface area contributed by atoms with Crippen LogP contribution in [0.1, 0.15) is 39.2 Å². The van der Waals surface area contributed by atoms with Crippen LogP contribution in [0.15, 0.2) is 16.8 Å². The van der Waals surface area contributed by atoms with Crippen LogP contribution in [0.5, 0.6) is 0 Å². The Morgan fingerprint density at radius 2 is 2.11 bits per heavy atom. The highest BCUT2D eigenvalue weighted by Gasteiger charge is 2.25. The molecular formula is C14H21NO3S. The summed E-state index contributed by atoms with van der Waals surface area (Å²) in [6, 6.07) is 2.10. The van der Waals surface area contributed by atoms with Crippen molar-refractivity contribution in [2.75, 3.05) is 0 Å². The van der Waals surface area contributed by atoms with Crippen LogP contribution in [-0.2, 0) is 16.0 Å². The minimum Gasteiger partial charge on any atom is -0.481 e. The fraction of sp³-hybridized carbons (Fsp3) is 0.571. The first-order valence-electron chi connectivity index (χ1n) is 6.31. The monoisotopic (exact) mass is 283 g/mol. The maximum Gasteiger partial charge on any atom is 0.303 e. The number of thiophene rings is 1. The van der Waals surface area contributed by atoms with E-state index in [1.165, 1.54) is 5.56 Å². The molecule has 4 nitrogen and oxygen atoms in total. The van der Waals surface area contributed by atoms with Gasteiger partial charge in [-0.3, -0.25) is 9.59 Å². The summed E-state index contributed by atoms with van der Waals surface area (Å²) in [5.41, 5.74) is 0.695. The summed E-state index contributed by atoms with van der Waals surface area (Å²) in [4.78, 5) is 22.6. The topological polar surface area (TPSA) is 66.4 Å². The third kappa shape index (κ3) is 6.38. The molecule has 0 aliphatic carbocycles. The van der Waals surface area contributed by atoms with Gasteiger partial charge in [0.25, 0.3) is 0 Å². The van der Waals surface area contributed by atoms with Gasteiger partial charge >= 0.3 is 5.97 Å². The molecular weight excluding hydrogens is 262 g/mol. The van der Waals surface area contributed by atoms with Gasteiger partial charge in [0.15, 0.2) is 0 Å². The van der Waals surface area contributed by atoms with E-state index in [-0.39, 0.29) is 24.8 Å². The molecule has 1 amide bonds. The molecule has 0 saturated heterocycles. The van der Waals surface area contributed by atoms with Crippen molar-refractivity contribution in [3.63, 3.8) is 0 Å². The molecule has 0 aliphatic heterocycles. The molecule has 0 bridgehead atoms. The Labute approximate surface area is 117 Å². The number of nitrogens with one attached hydrogen (secondary N) is 1. The predicted octanol–water partition coefficient (Wildman–Crippen LogP) is 2.69. The molecule has 0 aliphatic rings.